The van der Waals surface area contributed by atoms with Crippen molar-refractivity contribution >= 4 is 155 Å². The van der Waals surface area contributed by atoms with Gasteiger partial charge >= 0.3 is 5.97 Å². The highest BCUT2D eigenvalue weighted by molar-refractivity contribution is 14.1. The van der Waals surface area contributed by atoms with Crippen molar-refractivity contribution in [1.29, 1.82) is 0 Å². The maximum atomic E-state index is 12.5. The molecule has 0 radical (unpaired) electrons. The van der Waals surface area contributed by atoms with Gasteiger partial charge in [0.1, 0.15) is 18.1 Å². The van der Waals surface area contributed by atoms with E-state index in [1.165, 1.54) is 0 Å². The summed E-state index contributed by atoms with van der Waals surface area (Å²) in [4.78, 5) is 24.1. The van der Waals surface area contributed by atoms with Crippen LogP contribution < -0.4 is 9.47 Å². The van der Waals surface area contributed by atoms with Gasteiger partial charge in [-0.15, -0.1) is 0 Å². The van der Waals surface area contributed by atoms with Gasteiger partial charge in [-0.3, -0.25) is 4.79 Å². The second-order valence-electron chi connectivity index (χ2n) is 7.95. The molecule has 0 spiro atoms. The summed E-state index contributed by atoms with van der Waals surface area (Å²) in [7, 11) is 0. The van der Waals surface area contributed by atoms with Gasteiger partial charge in [0.05, 0.1) is 42.5 Å². The third kappa shape index (κ3) is 7.16. The highest BCUT2D eigenvalue weighted by Crippen LogP contribution is 2.53. The molecule has 14 heteroatoms. The van der Waals surface area contributed by atoms with Crippen molar-refractivity contribution in [3.8, 4) is 11.5 Å². The number of fused-ring (bicyclic) bond motifs is 1. The van der Waals surface area contributed by atoms with E-state index in [9.17, 15) is 19.8 Å². The zero-order chi connectivity index (χ0) is 29.2. The average Bonchev–Trinajstić information content (AvgIpc) is 2.89. The molecule has 3 rings (SSSR count). The predicted molar refractivity (Wildman–Crippen MR) is 189 cm³/mol. The Morgan fingerprint density at radius 2 is 1.79 bits per heavy atom. The number of allylic oxidation sites excluding steroid dienone is 2. The summed E-state index contributed by atoms with van der Waals surface area (Å²) < 4.78 is 15.5. The number of benzene rings is 2. The van der Waals surface area contributed by atoms with Gasteiger partial charge in [-0.25, -0.2) is 4.79 Å². The molecule has 0 amide bonds. The van der Waals surface area contributed by atoms with Crippen LogP contribution in [-0.4, -0.2) is 35.2 Å². The van der Waals surface area contributed by atoms with E-state index < -0.39 is 12.1 Å². The SMILES string of the molecule is CCCC(O)COc1c(I)cc2c(c1I)O/C(=C\I)C(/C=C(/I)C=O)=C2c1c(Cl)c(Cl)c(Cl)c(Cl)c1C(=O)O. The van der Waals surface area contributed by atoms with E-state index in [2.05, 4.69) is 45.2 Å². The fourth-order valence-electron chi connectivity index (χ4n) is 3.76. The minimum absolute atomic E-state index is 0.0175. The van der Waals surface area contributed by atoms with E-state index in [0.29, 0.717) is 57.4 Å². The number of aliphatic hydroxyl groups is 1. The molecule has 0 saturated carbocycles. The molecule has 0 saturated heterocycles. The highest BCUT2D eigenvalue weighted by atomic mass is 127. The Morgan fingerprint density at radius 3 is 2.36 bits per heavy atom. The van der Waals surface area contributed by atoms with Gasteiger partial charge in [0.25, 0.3) is 0 Å². The number of aldehydes is 1. The molecule has 208 valence electrons. The number of carbonyl (C=O) groups is 2. The average molecular weight is 1060 g/mol. The first-order valence-electron chi connectivity index (χ1n) is 10.9. The lowest BCUT2D eigenvalue weighted by Gasteiger charge is -2.29. The molecule has 1 unspecified atom stereocenters. The van der Waals surface area contributed by atoms with Crippen LogP contribution in [0.1, 0.15) is 41.3 Å². The summed E-state index contributed by atoms with van der Waals surface area (Å²) in [6.07, 6.45) is 2.96. The molecule has 0 fully saturated rings. The van der Waals surface area contributed by atoms with E-state index in [0.717, 1.165) is 6.42 Å². The van der Waals surface area contributed by atoms with Crippen molar-refractivity contribution in [3.63, 3.8) is 0 Å². The first-order chi connectivity index (χ1) is 18.4. The van der Waals surface area contributed by atoms with Crippen LogP contribution in [0.3, 0.4) is 0 Å². The summed E-state index contributed by atoms with van der Waals surface area (Å²) in [6.45, 7) is 2.05. The zero-order valence-electron chi connectivity index (χ0n) is 19.6. The number of hydrogen-bond acceptors (Lipinski definition) is 5. The second kappa shape index (κ2) is 14.8. The number of ether oxygens (including phenoxy) is 2. The standard InChI is InChI=1S/C25H16Cl4I4O6/c1-2-3-10(35)8-38-24-13(32)5-12-15(16-17(25(36)37)19(27)21(29)20(28)18(16)26)11(4-9(31)7-34)14(6-30)39-23(12)22(24)33/h4-7,10,35H,2-3,8H2,1H3,(H,36,37)/b9-4+,14-6-. The van der Waals surface area contributed by atoms with E-state index in [4.69, 9.17) is 55.9 Å². The van der Waals surface area contributed by atoms with Crippen LogP contribution in [0.4, 0.5) is 0 Å². The van der Waals surface area contributed by atoms with Crippen LogP contribution >= 0.6 is 137 Å². The van der Waals surface area contributed by atoms with E-state index in [-0.39, 0.29) is 37.8 Å². The van der Waals surface area contributed by atoms with Gasteiger partial charge in [0, 0.05) is 26.4 Å². The molecule has 0 aromatic heterocycles. The normalized spacial score (nSPS) is 15.2. The van der Waals surface area contributed by atoms with Gasteiger partial charge < -0.3 is 19.7 Å². The van der Waals surface area contributed by atoms with Crippen LogP contribution in [0.2, 0.25) is 20.1 Å². The number of aromatic carboxylic acids is 1. The quantitative estimate of drug-likeness (QED) is 0.0855. The molecular formula is C25H16Cl4I4O6. The molecule has 1 aliphatic rings. The van der Waals surface area contributed by atoms with E-state index >= 15 is 0 Å². The van der Waals surface area contributed by atoms with E-state index in [1.54, 1.807) is 16.2 Å². The van der Waals surface area contributed by atoms with Crippen molar-refractivity contribution in [2.45, 2.75) is 25.9 Å². The summed E-state index contributed by atoms with van der Waals surface area (Å²) >= 11 is 33.8. The summed E-state index contributed by atoms with van der Waals surface area (Å²) in [6, 6.07) is 1.75. The number of carboxylic acids is 1. The number of aliphatic hydroxyl groups excluding tert-OH is 1. The van der Waals surface area contributed by atoms with Gasteiger partial charge in [-0.1, -0.05) is 59.7 Å². The number of rotatable bonds is 9. The number of carbonyl (C=O) groups excluding carboxylic acids is 1. The van der Waals surface area contributed by atoms with Crippen LogP contribution in [0, 0.1) is 7.14 Å². The molecule has 6 nitrogen and oxygen atoms in total. The molecule has 39 heavy (non-hydrogen) atoms. The first kappa shape index (κ1) is 33.9. The molecule has 2 aromatic rings. The molecule has 1 heterocycles. The van der Waals surface area contributed by atoms with Crippen LogP contribution in [0.5, 0.6) is 11.5 Å². The molecule has 2 N–H and O–H groups in total. The van der Waals surface area contributed by atoms with Gasteiger partial charge in [-0.2, -0.15) is 0 Å². The van der Waals surface area contributed by atoms with Crippen LogP contribution in [-0.2, 0) is 4.79 Å². The fraction of sp³-hybridized carbons (Fsp3) is 0.200. The molecule has 1 aliphatic heterocycles. The van der Waals surface area contributed by atoms with Crippen molar-refractivity contribution in [2.75, 3.05) is 6.61 Å². The summed E-state index contributed by atoms with van der Waals surface area (Å²) in [5, 5.41) is 19.7. The zero-order valence-corrected chi connectivity index (χ0v) is 31.2. The minimum Gasteiger partial charge on any atom is -0.489 e. The monoisotopic (exact) mass is 1060 g/mol. The van der Waals surface area contributed by atoms with Crippen molar-refractivity contribution in [3.05, 3.63) is 75.1 Å². The third-order valence-electron chi connectivity index (χ3n) is 5.41. The third-order valence-corrected chi connectivity index (χ3v) is 10.1. The predicted octanol–water partition coefficient (Wildman–Crippen LogP) is 9.74. The number of hydrogen-bond donors (Lipinski definition) is 2. The minimum atomic E-state index is -1.38. The Labute approximate surface area is 299 Å². The molecule has 0 bridgehead atoms. The Hall–Kier alpha value is 0.440. The molecule has 0 aliphatic carbocycles. The topological polar surface area (TPSA) is 93.1 Å². The van der Waals surface area contributed by atoms with Gasteiger partial charge in [0.15, 0.2) is 12.0 Å². The lowest BCUT2D eigenvalue weighted by atomic mass is 9.86. The summed E-state index contributed by atoms with van der Waals surface area (Å²) in [5.74, 6) is -0.198. The molecular weight excluding hydrogens is 1050 g/mol. The van der Waals surface area contributed by atoms with Crippen LogP contribution in [0.25, 0.3) is 5.57 Å². The van der Waals surface area contributed by atoms with Crippen molar-refractivity contribution in [2.24, 2.45) is 0 Å². The highest BCUT2D eigenvalue weighted by Gasteiger charge is 2.35. The number of halogens is 8. The van der Waals surface area contributed by atoms with Crippen LogP contribution in [0.15, 0.2) is 31.1 Å². The Kier molecular flexibility index (Phi) is 12.8. The fourth-order valence-corrected chi connectivity index (χ4v) is 7.67. The lowest BCUT2D eigenvalue weighted by molar-refractivity contribution is -0.104. The number of carboxylic acid groups (broad SMARTS) is 1. The maximum Gasteiger partial charge on any atom is 0.337 e. The maximum absolute atomic E-state index is 12.5. The second-order valence-corrected chi connectivity index (χ2v) is 13.6. The Morgan fingerprint density at radius 1 is 1.15 bits per heavy atom. The first-order valence-corrected chi connectivity index (χ1v) is 16.9. The van der Waals surface area contributed by atoms with Gasteiger partial charge in [0.2, 0.25) is 0 Å². The summed E-state index contributed by atoms with van der Waals surface area (Å²) in [5.41, 5.74) is 0.834. The largest absolute Gasteiger partial charge is 0.489 e. The van der Waals surface area contributed by atoms with Crippen molar-refractivity contribution < 1.29 is 29.3 Å². The Bertz CT molecular complexity index is 1460. The molecule has 1 atom stereocenters. The Balaban J connectivity index is 2.49. The lowest BCUT2D eigenvalue weighted by Crippen LogP contribution is -2.19. The molecule has 2 aromatic carbocycles. The van der Waals surface area contributed by atoms with E-state index in [1.807, 2.05) is 52.1 Å². The van der Waals surface area contributed by atoms with Crippen molar-refractivity contribution in [1.82, 2.24) is 0 Å². The van der Waals surface area contributed by atoms with Gasteiger partial charge in [-0.05, 0) is 109 Å². The smallest absolute Gasteiger partial charge is 0.337 e.